The van der Waals surface area contributed by atoms with Crippen LogP contribution in [0.2, 0.25) is 0 Å². The number of amides is 1. The van der Waals surface area contributed by atoms with Gasteiger partial charge in [-0.3, -0.25) is 4.79 Å². The van der Waals surface area contributed by atoms with Crippen LogP contribution < -0.4 is 9.47 Å². The van der Waals surface area contributed by atoms with Crippen LogP contribution in [-0.2, 0) is 9.53 Å². The Labute approximate surface area is 128 Å². The van der Waals surface area contributed by atoms with Crippen molar-refractivity contribution in [1.29, 1.82) is 0 Å². The van der Waals surface area contributed by atoms with Crippen LogP contribution in [0.15, 0.2) is 18.2 Å². The second-order valence-electron chi connectivity index (χ2n) is 4.97. The van der Waals surface area contributed by atoms with Crippen LogP contribution in [-0.4, -0.2) is 61.9 Å². The largest absolute Gasteiger partial charge is 0.497 e. The van der Waals surface area contributed by atoms with Gasteiger partial charge in [-0.2, -0.15) is 0 Å². The molecule has 1 aromatic rings. The van der Waals surface area contributed by atoms with E-state index in [1.165, 1.54) is 26.2 Å². The summed E-state index contributed by atoms with van der Waals surface area (Å²) in [6.07, 6.45) is -0.0224. The molecule has 0 aliphatic carbocycles. The van der Waals surface area contributed by atoms with Gasteiger partial charge >= 0.3 is 5.97 Å². The molecular formula is C15H19NO6. The molecule has 7 nitrogen and oxygen atoms in total. The molecule has 0 saturated carbocycles. The molecule has 1 heterocycles. The Kier molecular flexibility index (Phi) is 4.87. The minimum Gasteiger partial charge on any atom is -0.497 e. The van der Waals surface area contributed by atoms with Gasteiger partial charge < -0.3 is 24.2 Å². The standard InChI is InChI=1S/C15H19NO6/c1-20-9-4-5-13(22-3)11(6-9)14(17)16-8-10(21-2)7-12(16)15(18)19/h4-6,10,12H,7-8H2,1-3H3,(H,18,19). The average molecular weight is 309 g/mol. The number of hydrogen-bond acceptors (Lipinski definition) is 5. The number of rotatable bonds is 5. The lowest BCUT2D eigenvalue weighted by atomic mass is 10.1. The maximum Gasteiger partial charge on any atom is 0.326 e. The van der Waals surface area contributed by atoms with Crippen LogP contribution >= 0.6 is 0 Å². The summed E-state index contributed by atoms with van der Waals surface area (Å²) >= 11 is 0. The van der Waals surface area contributed by atoms with E-state index >= 15 is 0 Å². The van der Waals surface area contributed by atoms with Gasteiger partial charge in [-0.15, -0.1) is 0 Å². The van der Waals surface area contributed by atoms with Crippen molar-refractivity contribution in [2.45, 2.75) is 18.6 Å². The fourth-order valence-corrected chi connectivity index (χ4v) is 2.56. The Hall–Kier alpha value is -2.28. The molecule has 2 rings (SSSR count). The lowest BCUT2D eigenvalue weighted by Gasteiger charge is -2.22. The highest BCUT2D eigenvalue weighted by atomic mass is 16.5. The van der Waals surface area contributed by atoms with Gasteiger partial charge in [-0.1, -0.05) is 0 Å². The first-order valence-corrected chi connectivity index (χ1v) is 6.80. The van der Waals surface area contributed by atoms with E-state index in [0.29, 0.717) is 11.5 Å². The van der Waals surface area contributed by atoms with Crippen LogP contribution in [0.25, 0.3) is 0 Å². The van der Waals surface area contributed by atoms with Crippen molar-refractivity contribution < 1.29 is 28.9 Å². The highest BCUT2D eigenvalue weighted by Crippen LogP contribution is 2.29. The molecule has 120 valence electrons. The molecule has 2 atom stereocenters. The van der Waals surface area contributed by atoms with Crippen LogP contribution in [0.3, 0.4) is 0 Å². The first kappa shape index (κ1) is 16.1. The van der Waals surface area contributed by atoms with E-state index in [2.05, 4.69) is 0 Å². The highest BCUT2D eigenvalue weighted by Gasteiger charge is 2.40. The van der Waals surface area contributed by atoms with E-state index in [1.54, 1.807) is 18.2 Å². The number of carboxylic acids is 1. The van der Waals surface area contributed by atoms with Crippen molar-refractivity contribution >= 4 is 11.9 Å². The average Bonchev–Trinajstić information content (AvgIpc) is 2.98. The number of carbonyl (C=O) groups excluding carboxylic acids is 1. The van der Waals surface area contributed by atoms with Gasteiger partial charge in [0.15, 0.2) is 0 Å². The van der Waals surface area contributed by atoms with Gasteiger partial charge in [0.05, 0.1) is 25.9 Å². The summed E-state index contributed by atoms with van der Waals surface area (Å²) in [5.41, 5.74) is 0.268. The van der Waals surface area contributed by atoms with Crippen molar-refractivity contribution in [1.82, 2.24) is 4.90 Å². The second kappa shape index (κ2) is 6.65. The number of hydrogen-bond donors (Lipinski definition) is 1. The van der Waals surface area contributed by atoms with E-state index < -0.39 is 17.9 Å². The van der Waals surface area contributed by atoms with Crippen molar-refractivity contribution in [2.24, 2.45) is 0 Å². The predicted octanol–water partition coefficient (Wildman–Crippen LogP) is 1.02. The Morgan fingerprint density at radius 1 is 1.23 bits per heavy atom. The molecule has 1 aliphatic rings. The molecule has 0 spiro atoms. The lowest BCUT2D eigenvalue weighted by Crippen LogP contribution is -2.40. The lowest BCUT2D eigenvalue weighted by molar-refractivity contribution is -0.141. The predicted molar refractivity (Wildman–Crippen MR) is 77.4 cm³/mol. The van der Waals surface area contributed by atoms with Gasteiger partial charge in [-0.25, -0.2) is 4.79 Å². The Morgan fingerprint density at radius 3 is 2.50 bits per heavy atom. The Bertz CT molecular complexity index is 573. The molecule has 1 amide bonds. The van der Waals surface area contributed by atoms with Crippen molar-refractivity contribution in [2.75, 3.05) is 27.9 Å². The molecule has 0 aromatic heterocycles. The number of benzene rings is 1. The van der Waals surface area contributed by atoms with Crippen LogP contribution in [0, 0.1) is 0 Å². The number of aliphatic carboxylic acids is 1. The zero-order valence-electron chi connectivity index (χ0n) is 12.7. The normalized spacial score (nSPS) is 20.8. The first-order chi connectivity index (χ1) is 10.5. The van der Waals surface area contributed by atoms with E-state index in [9.17, 15) is 14.7 Å². The molecule has 1 aromatic carbocycles. The monoisotopic (exact) mass is 309 g/mol. The number of carboxylic acid groups (broad SMARTS) is 1. The number of carbonyl (C=O) groups is 2. The Morgan fingerprint density at radius 2 is 1.95 bits per heavy atom. The van der Waals surface area contributed by atoms with Gasteiger partial charge in [0.2, 0.25) is 0 Å². The van der Waals surface area contributed by atoms with Crippen molar-refractivity contribution in [3.05, 3.63) is 23.8 Å². The van der Waals surface area contributed by atoms with E-state index in [1.807, 2.05) is 0 Å². The van der Waals surface area contributed by atoms with E-state index in [4.69, 9.17) is 14.2 Å². The maximum absolute atomic E-state index is 12.7. The summed E-state index contributed by atoms with van der Waals surface area (Å²) in [5.74, 6) is -0.591. The fourth-order valence-electron chi connectivity index (χ4n) is 2.56. The van der Waals surface area contributed by atoms with E-state index in [0.717, 1.165) is 0 Å². The molecule has 1 aliphatic heterocycles. The molecule has 0 radical (unpaired) electrons. The summed E-state index contributed by atoms with van der Waals surface area (Å²) in [5, 5.41) is 9.31. The third-order valence-corrected chi connectivity index (χ3v) is 3.78. The van der Waals surface area contributed by atoms with Gasteiger partial charge in [0, 0.05) is 20.1 Å². The van der Waals surface area contributed by atoms with Crippen molar-refractivity contribution in [3.63, 3.8) is 0 Å². The highest BCUT2D eigenvalue weighted by molar-refractivity contribution is 5.99. The molecule has 1 N–H and O–H groups in total. The molecule has 22 heavy (non-hydrogen) atoms. The van der Waals surface area contributed by atoms with Crippen molar-refractivity contribution in [3.8, 4) is 11.5 Å². The van der Waals surface area contributed by atoms with E-state index in [-0.39, 0.29) is 24.6 Å². The third-order valence-electron chi connectivity index (χ3n) is 3.78. The summed E-state index contributed by atoms with van der Waals surface area (Å²) in [6.45, 7) is 0.229. The number of likely N-dealkylation sites (tertiary alicyclic amines) is 1. The first-order valence-electron chi connectivity index (χ1n) is 6.80. The Balaban J connectivity index is 2.35. The van der Waals surface area contributed by atoms with Crippen LogP contribution in [0.5, 0.6) is 11.5 Å². The molecule has 1 saturated heterocycles. The third kappa shape index (κ3) is 2.99. The summed E-state index contributed by atoms with van der Waals surface area (Å²) in [4.78, 5) is 25.4. The molecule has 7 heteroatoms. The minimum atomic E-state index is -1.05. The summed E-state index contributed by atoms with van der Waals surface area (Å²) < 4.78 is 15.5. The number of ether oxygens (including phenoxy) is 3. The van der Waals surface area contributed by atoms with Gasteiger partial charge in [0.1, 0.15) is 17.5 Å². The summed E-state index contributed by atoms with van der Waals surface area (Å²) in [7, 11) is 4.45. The maximum atomic E-state index is 12.7. The van der Waals surface area contributed by atoms with Gasteiger partial charge in [0.25, 0.3) is 5.91 Å². The molecule has 0 bridgehead atoms. The minimum absolute atomic E-state index is 0.229. The summed E-state index contributed by atoms with van der Waals surface area (Å²) in [6, 6.07) is 3.92. The second-order valence-corrected chi connectivity index (χ2v) is 4.97. The number of nitrogens with zero attached hydrogens (tertiary/aromatic N) is 1. The quantitative estimate of drug-likeness (QED) is 0.874. The fraction of sp³-hybridized carbons (Fsp3) is 0.467. The molecule has 2 unspecified atom stereocenters. The zero-order chi connectivity index (χ0) is 16.3. The molecule has 1 fully saturated rings. The number of methoxy groups -OCH3 is 3. The van der Waals surface area contributed by atoms with Gasteiger partial charge in [-0.05, 0) is 18.2 Å². The topological polar surface area (TPSA) is 85.3 Å². The SMILES string of the molecule is COc1ccc(OC)c(C(=O)N2CC(OC)CC2C(=O)O)c1. The van der Waals surface area contributed by atoms with Crippen LogP contribution in [0.1, 0.15) is 16.8 Å². The zero-order valence-corrected chi connectivity index (χ0v) is 12.7. The van der Waals surface area contributed by atoms with Crippen LogP contribution in [0.4, 0.5) is 0 Å². The molecular weight excluding hydrogens is 290 g/mol. The smallest absolute Gasteiger partial charge is 0.326 e.